The Balaban J connectivity index is 2.03. The number of phenols is 1. The zero-order valence-corrected chi connectivity index (χ0v) is 9.15. The normalized spacial score (nSPS) is 16.8. The average molecular weight is 240 g/mol. The largest absolute Gasteiger partial charge is 0.508 e. The average Bonchev–Trinajstić information content (AvgIpc) is 2.30. The van der Waals surface area contributed by atoms with Gasteiger partial charge in [-0.1, -0.05) is 0 Å². The van der Waals surface area contributed by atoms with Gasteiger partial charge in [-0.3, -0.25) is 10.2 Å². The summed E-state index contributed by atoms with van der Waals surface area (Å²) in [5, 5.41) is 10.7. The van der Waals surface area contributed by atoms with Crippen molar-refractivity contribution in [3.63, 3.8) is 0 Å². The molecule has 0 aliphatic carbocycles. The molecule has 1 saturated heterocycles. The molecule has 1 fully saturated rings. The molecular formula is C11H13FN2O3. The molecule has 2 rings (SSSR count). The van der Waals surface area contributed by atoms with Crippen LogP contribution in [0.5, 0.6) is 5.75 Å². The third-order valence-electron chi connectivity index (χ3n) is 2.47. The Morgan fingerprint density at radius 1 is 1.41 bits per heavy atom. The van der Waals surface area contributed by atoms with Crippen molar-refractivity contribution < 1.29 is 19.0 Å². The van der Waals surface area contributed by atoms with Crippen molar-refractivity contribution >= 4 is 5.91 Å². The number of hydrogen-bond acceptors (Lipinski definition) is 4. The number of phenolic OH excluding ortho intramolecular Hbond substituents is 1. The highest BCUT2D eigenvalue weighted by atomic mass is 19.1. The molecule has 92 valence electrons. The first-order chi connectivity index (χ1) is 8.16. The van der Waals surface area contributed by atoms with Crippen molar-refractivity contribution in [2.24, 2.45) is 0 Å². The predicted molar refractivity (Wildman–Crippen MR) is 57.9 cm³/mol. The molecular weight excluding hydrogens is 227 g/mol. The molecule has 2 N–H and O–H groups in total. The molecule has 1 aliphatic rings. The minimum absolute atomic E-state index is 0.0886. The summed E-state index contributed by atoms with van der Waals surface area (Å²) in [5.74, 6) is -1.47. The number of halogens is 1. The summed E-state index contributed by atoms with van der Waals surface area (Å²) in [6.07, 6.45) is 0. The van der Waals surface area contributed by atoms with Crippen LogP contribution in [0.4, 0.5) is 4.39 Å². The highest BCUT2D eigenvalue weighted by Gasteiger charge is 2.17. The third-order valence-corrected chi connectivity index (χ3v) is 2.47. The molecule has 0 saturated carbocycles. The molecule has 1 amide bonds. The second-order valence-corrected chi connectivity index (χ2v) is 3.70. The van der Waals surface area contributed by atoms with Gasteiger partial charge in [0.1, 0.15) is 11.6 Å². The highest BCUT2D eigenvalue weighted by molar-refractivity contribution is 5.94. The summed E-state index contributed by atoms with van der Waals surface area (Å²) in [7, 11) is 0. The Hall–Kier alpha value is -1.66. The van der Waals surface area contributed by atoms with Gasteiger partial charge in [-0.15, -0.1) is 0 Å². The van der Waals surface area contributed by atoms with Gasteiger partial charge in [-0.25, -0.2) is 9.40 Å². The molecule has 1 heterocycles. The van der Waals surface area contributed by atoms with Crippen LogP contribution < -0.4 is 5.43 Å². The summed E-state index contributed by atoms with van der Waals surface area (Å²) < 4.78 is 18.5. The molecule has 6 heteroatoms. The van der Waals surface area contributed by atoms with Gasteiger partial charge in [0, 0.05) is 19.2 Å². The lowest BCUT2D eigenvalue weighted by Crippen LogP contribution is -2.48. The molecule has 0 unspecified atom stereocenters. The van der Waals surface area contributed by atoms with Crippen molar-refractivity contribution in [3.05, 3.63) is 29.6 Å². The van der Waals surface area contributed by atoms with E-state index < -0.39 is 11.7 Å². The monoisotopic (exact) mass is 240 g/mol. The maximum atomic E-state index is 13.4. The van der Waals surface area contributed by atoms with E-state index >= 15 is 0 Å². The fourth-order valence-electron chi connectivity index (χ4n) is 1.57. The SMILES string of the molecule is O=C(NN1CCOCC1)c1ccc(O)cc1F. The van der Waals surface area contributed by atoms with Crippen LogP contribution in [0, 0.1) is 5.82 Å². The number of carbonyl (C=O) groups excluding carboxylic acids is 1. The summed E-state index contributed by atoms with van der Waals surface area (Å²) in [5.41, 5.74) is 2.50. The minimum Gasteiger partial charge on any atom is -0.508 e. The van der Waals surface area contributed by atoms with Crippen LogP contribution in [0.15, 0.2) is 18.2 Å². The lowest BCUT2D eigenvalue weighted by atomic mass is 10.2. The van der Waals surface area contributed by atoms with E-state index in [1.165, 1.54) is 12.1 Å². The number of ether oxygens (including phenoxy) is 1. The molecule has 0 aromatic heterocycles. The molecule has 0 spiro atoms. The van der Waals surface area contributed by atoms with Crippen LogP contribution in [0.2, 0.25) is 0 Å². The molecule has 0 bridgehead atoms. The fourth-order valence-corrected chi connectivity index (χ4v) is 1.57. The van der Waals surface area contributed by atoms with Gasteiger partial charge in [0.2, 0.25) is 0 Å². The Kier molecular flexibility index (Phi) is 3.55. The Morgan fingerprint density at radius 3 is 2.76 bits per heavy atom. The Labute approximate surface area is 97.8 Å². The topological polar surface area (TPSA) is 61.8 Å². The number of nitrogens with zero attached hydrogens (tertiary/aromatic N) is 1. The van der Waals surface area contributed by atoms with Gasteiger partial charge in [0.05, 0.1) is 18.8 Å². The van der Waals surface area contributed by atoms with Gasteiger partial charge < -0.3 is 9.84 Å². The number of rotatable bonds is 2. The van der Waals surface area contributed by atoms with E-state index in [0.29, 0.717) is 26.3 Å². The first-order valence-corrected chi connectivity index (χ1v) is 5.29. The molecule has 5 nitrogen and oxygen atoms in total. The van der Waals surface area contributed by atoms with E-state index in [1.54, 1.807) is 5.01 Å². The van der Waals surface area contributed by atoms with E-state index in [0.717, 1.165) is 6.07 Å². The van der Waals surface area contributed by atoms with Crippen LogP contribution in [0.3, 0.4) is 0 Å². The van der Waals surface area contributed by atoms with Gasteiger partial charge in [0.25, 0.3) is 5.91 Å². The van der Waals surface area contributed by atoms with Crippen LogP contribution in [0.25, 0.3) is 0 Å². The second kappa shape index (κ2) is 5.11. The van der Waals surface area contributed by atoms with E-state index in [4.69, 9.17) is 9.84 Å². The van der Waals surface area contributed by atoms with E-state index in [-0.39, 0.29) is 11.3 Å². The van der Waals surface area contributed by atoms with Gasteiger partial charge in [-0.2, -0.15) is 0 Å². The van der Waals surface area contributed by atoms with Crippen molar-refractivity contribution in [2.75, 3.05) is 26.3 Å². The number of amides is 1. The van der Waals surface area contributed by atoms with Crippen molar-refractivity contribution in [1.82, 2.24) is 10.4 Å². The molecule has 1 aromatic rings. The summed E-state index contributed by atoms with van der Waals surface area (Å²) in [4.78, 5) is 11.7. The highest BCUT2D eigenvalue weighted by Crippen LogP contribution is 2.14. The second-order valence-electron chi connectivity index (χ2n) is 3.70. The van der Waals surface area contributed by atoms with Crippen LogP contribution in [-0.2, 0) is 4.74 Å². The standard InChI is InChI=1S/C11H13FN2O3/c12-10-7-8(15)1-2-9(10)11(16)13-14-3-5-17-6-4-14/h1-2,7,15H,3-6H2,(H,13,16). The number of hydrogen-bond donors (Lipinski definition) is 2. The van der Waals surface area contributed by atoms with Crippen molar-refractivity contribution in [2.45, 2.75) is 0 Å². The van der Waals surface area contributed by atoms with E-state index in [9.17, 15) is 9.18 Å². The molecule has 17 heavy (non-hydrogen) atoms. The van der Waals surface area contributed by atoms with E-state index in [1.807, 2.05) is 0 Å². The van der Waals surface area contributed by atoms with Gasteiger partial charge >= 0.3 is 0 Å². The van der Waals surface area contributed by atoms with Gasteiger partial charge in [-0.05, 0) is 12.1 Å². The number of carbonyl (C=O) groups is 1. The van der Waals surface area contributed by atoms with E-state index in [2.05, 4.69) is 5.43 Å². The zero-order chi connectivity index (χ0) is 12.3. The third kappa shape index (κ3) is 2.92. The number of hydrazine groups is 1. The molecule has 1 aliphatic heterocycles. The predicted octanol–water partition coefficient (Wildman–Crippen LogP) is 0.508. The molecule has 0 radical (unpaired) electrons. The zero-order valence-electron chi connectivity index (χ0n) is 9.15. The quantitative estimate of drug-likeness (QED) is 0.790. The van der Waals surface area contributed by atoms with Crippen LogP contribution >= 0.6 is 0 Å². The lowest BCUT2D eigenvalue weighted by molar-refractivity contribution is 0.0125. The number of nitrogens with one attached hydrogen (secondary N) is 1. The Morgan fingerprint density at radius 2 is 2.12 bits per heavy atom. The fraction of sp³-hybridized carbons (Fsp3) is 0.364. The van der Waals surface area contributed by atoms with Crippen molar-refractivity contribution in [1.29, 1.82) is 0 Å². The number of benzene rings is 1. The maximum absolute atomic E-state index is 13.4. The number of morpholine rings is 1. The summed E-state index contributed by atoms with van der Waals surface area (Å²) in [6, 6.07) is 3.44. The summed E-state index contributed by atoms with van der Waals surface area (Å²) in [6.45, 7) is 2.23. The Bertz CT molecular complexity index is 419. The molecule has 0 atom stereocenters. The number of aromatic hydroxyl groups is 1. The van der Waals surface area contributed by atoms with Crippen LogP contribution in [0.1, 0.15) is 10.4 Å². The van der Waals surface area contributed by atoms with Gasteiger partial charge in [0.15, 0.2) is 0 Å². The van der Waals surface area contributed by atoms with Crippen LogP contribution in [-0.4, -0.2) is 42.3 Å². The molecule has 1 aromatic carbocycles. The summed E-state index contributed by atoms with van der Waals surface area (Å²) >= 11 is 0. The first-order valence-electron chi connectivity index (χ1n) is 5.29. The van der Waals surface area contributed by atoms with Crippen molar-refractivity contribution in [3.8, 4) is 5.75 Å². The lowest BCUT2D eigenvalue weighted by Gasteiger charge is -2.26. The smallest absolute Gasteiger partial charge is 0.268 e. The maximum Gasteiger partial charge on any atom is 0.268 e. The first kappa shape index (κ1) is 11.8. The minimum atomic E-state index is -0.740.